The van der Waals surface area contributed by atoms with E-state index in [4.69, 9.17) is 15.3 Å². The number of rotatable bonds is 3. The predicted octanol–water partition coefficient (Wildman–Crippen LogP) is 2.59. The molecular formula is C19H22N6O2. The van der Waals surface area contributed by atoms with Crippen molar-refractivity contribution in [3.63, 3.8) is 0 Å². The number of ether oxygens (including phenoxy) is 1. The minimum absolute atomic E-state index is 0.312. The van der Waals surface area contributed by atoms with Gasteiger partial charge < -0.3 is 4.74 Å². The Labute approximate surface area is 158 Å². The Balaban J connectivity index is 0.000000309. The summed E-state index contributed by atoms with van der Waals surface area (Å²) in [6, 6.07) is 10.9. The first-order valence-electron chi connectivity index (χ1n) is 8.25. The molecule has 2 aromatic heterocycles. The molecule has 0 spiro atoms. The summed E-state index contributed by atoms with van der Waals surface area (Å²) in [5, 5.41) is 32.5. The lowest BCUT2D eigenvalue weighted by Crippen LogP contribution is -2.27. The molecule has 140 valence electrons. The minimum Gasteiger partial charge on any atom is -0.459 e. The van der Waals surface area contributed by atoms with Gasteiger partial charge in [0.05, 0.1) is 41.3 Å². The molecule has 8 nitrogen and oxygen atoms in total. The van der Waals surface area contributed by atoms with Gasteiger partial charge in [-0.2, -0.15) is 30.9 Å². The Hall–Kier alpha value is -3.39. The maximum atomic E-state index is 11.8. The Kier molecular flexibility index (Phi) is 7.96. The van der Waals surface area contributed by atoms with Gasteiger partial charge in [-0.05, 0) is 58.9 Å². The second-order valence-electron chi connectivity index (χ2n) is 6.70. The smallest absolute Gasteiger partial charge is 0.330 e. The lowest BCUT2D eigenvalue weighted by molar-refractivity contribution is -0.155. The van der Waals surface area contributed by atoms with Crippen LogP contribution in [0.3, 0.4) is 0 Å². The van der Waals surface area contributed by atoms with Crippen LogP contribution in [0.25, 0.3) is 0 Å². The second-order valence-corrected chi connectivity index (χ2v) is 6.70. The Morgan fingerprint density at radius 1 is 1.04 bits per heavy atom. The SMILES string of the molecule is Cc1ccc(C(C#N)C(=O)OC(C)(C)C)nn1.Cc1ccc(CC#N)nn1. The molecule has 0 fully saturated rings. The van der Waals surface area contributed by atoms with E-state index in [0.717, 1.165) is 17.1 Å². The van der Waals surface area contributed by atoms with Crippen LogP contribution in [0.1, 0.15) is 49.5 Å². The molecule has 0 amide bonds. The van der Waals surface area contributed by atoms with Crippen molar-refractivity contribution < 1.29 is 9.53 Å². The number of aromatic nitrogens is 4. The van der Waals surface area contributed by atoms with Crippen molar-refractivity contribution >= 4 is 5.97 Å². The molecule has 27 heavy (non-hydrogen) atoms. The highest BCUT2D eigenvalue weighted by Gasteiger charge is 2.27. The van der Waals surface area contributed by atoms with Gasteiger partial charge in [0.2, 0.25) is 0 Å². The lowest BCUT2D eigenvalue weighted by atomic mass is 10.1. The Morgan fingerprint density at radius 3 is 2.04 bits per heavy atom. The molecule has 0 radical (unpaired) electrons. The molecule has 0 aliphatic heterocycles. The lowest BCUT2D eigenvalue weighted by Gasteiger charge is -2.20. The fourth-order valence-electron chi connectivity index (χ4n) is 1.77. The maximum Gasteiger partial charge on any atom is 0.330 e. The zero-order valence-electron chi connectivity index (χ0n) is 16.1. The number of nitrogens with zero attached hydrogens (tertiary/aromatic N) is 6. The predicted molar refractivity (Wildman–Crippen MR) is 97.1 cm³/mol. The molecule has 0 aliphatic rings. The first-order chi connectivity index (χ1) is 12.7. The van der Waals surface area contributed by atoms with Crippen LogP contribution in [0.15, 0.2) is 24.3 Å². The third-order valence-electron chi connectivity index (χ3n) is 3.00. The molecule has 0 saturated carbocycles. The number of nitriles is 2. The van der Waals surface area contributed by atoms with E-state index in [1.807, 2.05) is 31.2 Å². The summed E-state index contributed by atoms with van der Waals surface area (Å²) in [6.45, 7) is 8.90. The number of aryl methyl sites for hydroxylation is 2. The standard InChI is InChI=1S/C12H15N3O2.C7H7N3/c1-8-5-6-10(15-14-8)9(7-13)11(16)17-12(2,3)4;1-6-2-3-7(4-5-8)10-9-6/h5-6,9H,1-4H3;2-3H,4H2,1H3. The topological polar surface area (TPSA) is 125 Å². The van der Waals surface area contributed by atoms with Crippen molar-refractivity contribution in [2.24, 2.45) is 0 Å². The summed E-state index contributed by atoms with van der Waals surface area (Å²) in [5.74, 6) is -1.62. The zero-order valence-corrected chi connectivity index (χ0v) is 16.1. The van der Waals surface area contributed by atoms with Gasteiger partial charge in [-0.25, -0.2) is 0 Å². The summed E-state index contributed by atoms with van der Waals surface area (Å²) >= 11 is 0. The Bertz CT molecular complexity index is 827. The van der Waals surface area contributed by atoms with Gasteiger partial charge >= 0.3 is 5.97 Å². The quantitative estimate of drug-likeness (QED) is 0.759. The molecule has 2 heterocycles. The van der Waals surface area contributed by atoms with Gasteiger partial charge in [0, 0.05) is 0 Å². The second kappa shape index (κ2) is 9.93. The van der Waals surface area contributed by atoms with Gasteiger partial charge in [-0.15, -0.1) is 0 Å². The van der Waals surface area contributed by atoms with Gasteiger partial charge in [0.1, 0.15) is 5.60 Å². The average Bonchev–Trinajstić information content (AvgIpc) is 2.58. The molecule has 1 unspecified atom stereocenters. The first-order valence-corrected chi connectivity index (χ1v) is 8.25. The van der Waals surface area contributed by atoms with Crippen LogP contribution in [0, 0.1) is 36.5 Å². The normalized spacial score (nSPS) is 11.2. The summed E-state index contributed by atoms with van der Waals surface area (Å²) in [5.41, 5.74) is 2.03. The largest absolute Gasteiger partial charge is 0.459 e. The van der Waals surface area contributed by atoms with Crippen molar-refractivity contribution in [3.8, 4) is 12.1 Å². The molecule has 2 aromatic rings. The van der Waals surface area contributed by atoms with Gasteiger partial charge in [-0.3, -0.25) is 4.79 Å². The minimum atomic E-state index is -1.03. The van der Waals surface area contributed by atoms with Crippen molar-refractivity contribution in [2.75, 3.05) is 0 Å². The summed E-state index contributed by atoms with van der Waals surface area (Å²) in [7, 11) is 0. The molecule has 8 heteroatoms. The number of carbonyl (C=O) groups excluding carboxylic acids is 1. The zero-order chi connectivity index (χ0) is 20.4. The van der Waals surface area contributed by atoms with Gasteiger partial charge in [0.25, 0.3) is 0 Å². The Morgan fingerprint density at radius 2 is 1.63 bits per heavy atom. The van der Waals surface area contributed by atoms with Crippen molar-refractivity contribution in [3.05, 3.63) is 47.0 Å². The summed E-state index contributed by atoms with van der Waals surface area (Å²) in [6.07, 6.45) is 0.341. The molecule has 1 atom stereocenters. The van der Waals surface area contributed by atoms with E-state index in [1.165, 1.54) is 0 Å². The highest BCUT2D eigenvalue weighted by molar-refractivity contribution is 5.80. The van der Waals surface area contributed by atoms with Crippen molar-refractivity contribution in [1.29, 1.82) is 10.5 Å². The van der Waals surface area contributed by atoms with Crippen LogP contribution in [-0.2, 0) is 16.0 Å². The van der Waals surface area contributed by atoms with E-state index in [1.54, 1.807) is 39.8 Å². The molecule has 0 N–H and O–H groups in total. The average molecular weight is 366 g/mol. The summed E-state index contributed by atoms with van der Waals surface area (Å²) < 4.78 is 5.15. The van der Waals surface area contributed by atoms with Crippen LogP contribution in [-0.4, -0.2) is 32.0 Å². The number of hydrogen-bond acceptors (Lipinski definition) is 8. The third-order valence-corrected chi connectivity index (χ3v) is 3.00. The van der Waals surface area contributed by atoms with Crippen LogP contribution in [0.5, 0.6) is 0 Å². The van der Waals surface area contributed by atoms with E-state index >= 15 is 0 Å². The van der Waals surface area contributed by atoms with E-state index < -0.39 is 17.5 Å². The molecule has 2 rings (SSSR count). The van der Waals surface area contributed by atoms with Crippen LogP contribution in [0.2, 0.25) is 0 Å². The first kappa shape index (κ1) is 21.7. The van der Waals surface area contributed by atoms with Crippen molar-refractivity contribution in [2.45, 2.75) is 52.6 Å². The molecule has 0 aliphatic carbocycles. The number of hydrogen-bond donors (Lipinski definition) is 0. The van der Waals surface area contributed by atoms with Gasteiger partial charge in [-0.1, -0.05) is 0 Å². The summed E-state index contributed by atoms with van der Waals surface area (Å²) in [4.78, 5) is 11.8. The fraction of sp³-hybridized carbons (Fsp3) is 0.421. The number of esters is 1. The maximum absolute atomic E-state index is 11.8. The number of carbonyl (C=O) groups is 1. The highest BCUT2D eigenvalue weighted by Crippen LogP contribution is 2.18. The van der Waals surface area contributed by atoms with E-state index in [2.05, 4.69) is 20.4 Å². The molecule has 0 saturated heterocycles. The van der Waals surface area contributed by atoms with E-state index in [9.17, 15) is 4.79 Å². The molecule has 0 aromatic carbocycles. The molecular weight excluding hydrogens is 344 g/mol. The van der Waals surface area contributed by atoms with E-state index in [-0.39, 0.29) is 0 Å². The van der Waals surface area contributed by atoms with Crippen LogP contribution in [0.4, 0.5) is 0 Å². The highest BCUT2D eigenvalue weighted by atomic mass is 16.6. The van der Waals surface area contributed by atoms with Crippen LogP contribution >= 0.6 is 0 Å². The third kappa shape index (κ3) is 8.02. The fourth-order valence-corrected chi connectivity index (χ4v) is 1.77. The molecule has 0 bridgehead atoms. The van der Waals surface area contributed by atoms with E-state index in [0.29, 0.717) is 12.1 Å². The monoisotopic (exact) mass is 366 g/mol. The van der Waals surface area contributed by atoms with Gasteiger partial charge in [0.15, 0.2) is 5.92 Å². The van der Waals surface area contributed by atoms with Crippen molar-refractivity contribution in [1.82, 2.24) is 20.4 Å². The van der Waals surface area contributed by atoms with Crippen LogP contribution < -0.4 is 0 Å².